The van der Waals surface area contributed by atoms with E-state index in [0.717, 1.165) is 17.9 Å². The van der Waals surface area contributed by atoms with Crippen LogP contribution >= 0.6 is 11.8 Å². The summed E-state index contributed by atoms with van der Waals surface area (Å²) in [7, 11) is 0. The third-order valence-electron chi connectivity index (χ3n) is 3.67. The van der Waals surface area contributed by atoms with Gasteiger partial charge in [0.2, 0.25) is 5.88 Å². The maximum atomic E-state index is 12.4. The van der Waals surface area contributed by atoms with Crippen LogP contribution in [0.15, 0.2) is 42.7 Å². The van der Waals surface area contributed by atoms with Gasteiger partial charge in [-0.1, -0.05) is 6.07 Å². The van der Waals surface area contributed by atoms with Crippen LogP contribution in [-0.4, -0.2) is 45.1 Å². The van der Waals surface area contributed by atoms with Crippen molar-refractivity contribution in [2.45, 2.75) is 18.6 Å². The first-order valence-corrected chi connectivity index (χ1v) is 8.96. The van der Waals surface area contributed by atoms with Crippen molar-refractivity contribution < 1.29 is 14.6 Å². The second-order valence-corrected chi connectivity index (χ2v) is 6.59. The smallest absolute Gasteiger partial charge is 0.256 e. The molecule has 2 aromatic heterocycles. The van der Waals surface area contributed by atoms with Crippen LogP contribution in [0.2, 0.25) is 0 Å². The predicted octanol–water partition coefficient (Wildman–Crippen LogP) is 1.82. The van der Waals surface area contributed by atoms with E-state index in [2.05, 4.69) is 15.3 Å². The first kappa shape index (κ1) is 16.7. The fraction of sp³-hybridized carbons (Fsp3) is 0.353. The zero-order chi connectivity index (χ0) is 16.8. The molecule has 2 unspecified atom stereocenters. The maximum Gasteiger partial charge on any atom is 0.256 e. The molecule has 0 bridgehead atoms. The van der Waals surface area contributed by atoms with E-state index in [1.807, 2.05) is 11.8 Å². The number of carbonyl (C=O) groups is 1. The molecule has 3 rings (SSSR count). The summed E-state index contributed by atoms with van der Waals surface area (Å²) in [5.74, 6) is 2.00. The minimum absolute atomic E-state index is 0.0729. The van der Waals surface area contributed by atoms with E-state index >= 15 is 0 Å². The SMILES string of the molecule is O=C(NCC(O)c1ccccn1)c1cccnc1OC1CCSC1. The summed E-state index contributed by atoms with van der Waals surface area (Å²) < 4.78 is 5.85. The number of nitrogens with one attached hydrogen (secondary N) is 1. The van der Waals surface area contributed by atoms with Crippen molar-refractivity contribution in [3.05, 3.63) is 54.0 Å². The number of hydrogen-bond donors (Lipinski definition) is 2. The Morgan fingerprint density at radius 1 is 1.33 bits per heavy atom. The van der Waals surface area contributed by atoms with Gasteiger partial charge >= 0.3 is 0 Å². The van der Waals surface area contributed by atoms with Crippen molar-refractivity contribution in [2.24, 2.45) is 0 Å². The number of thioether (sulfide) groups is 1. The van der Waals surface area contributed by atoms with Crippen LogP contribution in [0.1, 0.15) is 28.6 Å². The van der Waals surface area contributed by atoms with E-state index in [4.69, 9.17) is 4.74 Å². The molecule has 1 saturated heterocycles. The summed E-state index contributed by atoms with van der Waals surface area (Å²) in [6, 6.07) is 8.65. The number of aromatic nitrogens is 2. The van der Waals surface area contributed by atoms with E-state index in [9.17, 15) is 9.90 Å². The van der Waals surface area contributed by atoms with Crippen LogP contribution in [0, 0.1) is 0 Å². The molecule has 24 heavy (non-hydrogen) atoms. The lowest BCUT2D eigenvalue weighted by Gasteiger charge is -2.15. The van der Waals surface area contributed by atoms with Crippen LogP contribution in [0.3, 0.4) is 0 Å². The molecular formula is C17H19N3O3S. The number of pyridine rings is 2. The Kier molecular flexibility index (Phi) is 5.66. The van der Waals surface area contributed by atoms with Crippen LogP contribution < -0.4 is 10.1 Å². The molecule has 2 N–H and O–H groups in total. The van der Waals surface area contributed by atoms with Crippen LogP contribution in [0.5, 0.6) is 5.88 Å². The molecule has 1 amide bonds. The Morgan fingerprint density at radius 2 is 2.21 bits per heavy atom. The molecule has 3 heterocycles. The molecule has 0 saturated carbocycles. The zero-order valence-electron chi connectivity index (χ0n) is 13.1. The van der Waals surface area contributed by atoms with Gasteiger partial charge in [-0.3, -0.25) is 9.78 Å². The number of rotatable bonds is 6. The normalized spacial score (nSPS) is 18.1. The molecule has 0 spiro atoms. The summed E-state index contributed by atoms with van der Waals surface area (Å²) in [5.41, 5.74) is 0.895. The number of hydrogen-bond acceptors (Lipinski definition) is 6. The van der Waals surface area contributed by atoms with E-state index in [-0.39, 0.29) is 18.6 Å². The first-order chi connectivity index (χ1) is 11.7. The molecule has 1 aliphatic rings. The average Bonchev–Trinajstić information content (AvgIpc) is 3.13. The highest BCUT2D eigenvalue weighted by Crippen LogP contribution is 2.24. The van der Waals surface area contributed by atoms with Gasteiger partial charge in [0.1, 0.15) is 17.8 Å². The summed E-state index contributed by atoms with van der Waals surface area (Å²) in [6.45, 7) is 0.0729. The molecule has 7 heteroatoms. The first-order valence-electron chi connectivity index (χ1n) is 7.80. The van der Waals surface area contributed by atoms with Crippen LogP contribution in [-0.2, 0) is 0 Å². The van der Waals surface area contributed by atoms with Gasteiger partial charge in [0.05, 0.1) is 5.69 Å². The highest BCUT2D eigenvalue weighted by Gasteiger charge is 2.21. The Morgan fingerprint density at radius 3 is 2.96 bits per heavy atom. The number of aliphatic hydroxyl groups excluding tert-OH is 1. The minimum Gasteiger partial charge on any atom is -0.473 e. The van der Waals surface area contributed by atoms with Crippen LogP contribution in [0.4, 0.5) is 0 Å². The van der Waals surface area contributed by atoms with Gasteiger partial charge in [0, 0.05) is 24.7 Å². The zero-order valence-corrected chi connectivity index (χ0v) is 13.9. The lowest BCUT2D eigenvalue weighted by Crippen LogP contribution is -2.29. The van der Waals surface area contributed by atoms with Crippen molar-refractivity contribution in [1.29, 1.82) is 0 Å². The van der Waals surface area contributed by atoms with Gasteiger partial charge in [-0.15, -0.1) is 0 Å². The molecule has 126 valence electrons. The summed E-state index contributed by atoms with van der Waals surface area (Å²) >= 11 is 1.83. The molecular weight excluding hydrogens is 326 g/mol. The van der Waals surface area contributed by atoms with Crippen LogP contribution in [0.25, 0.3) is 0 Å². The van der Waals surface area contributed by atoms with Crippen molar-refractivity contribution in [3.63, 3.8) is 0 Å². The quantitative estimate of drug-likeness (QED) is 0.831. The third-order valence-corrected chi connectivity index (χ3v) is 4.80. The molecule has 6 nitrogen and oxygen atoms in total. The number of carbonyl (C=O) groups excluding carboxylic acids is 1. The molecule has 0 radical (unpaired) electrons. The fourth-order valence-corrected chi connectivity index (χ4v) is 3.48. The van der Waals surface area contributed by atoms with Gasteiger partial charge in [-0.2, -0.15) is 11.8 Å². The number of amides is 1. The summed E-state index contributed by atoms with van der Waals surface area (Å²) in [4.78, 5) is 20.7. The summed E-state index contributed by atoms with van der Waals surface area (Å²) in [6.07, 6.45) is 3.41. The Hall–Kier alpha value is -2.12. The second kappa shape index (κ2) is 8.12. The van der Waals surface area contributed by atoms with Crippen molar-refractivity contribution in [3.8, 4) is 5.88 Å². The predicted molar refractivity (Wildman–Crippen MR) is 92.1 cm³/mol. The number of aliphatic hydroxyl groups is 1. The molecule has 1 fully saturated rings. The second-order valence-electron chi connectivity index (χ2n) is 5.44. The van der Waals surface area contributed by atoms with Gasteiger partial charge in [0.15, 0.2) is 0 Å². The minimum atomic E-state index is -0.859. The van der Waals surface area contributed by atoms with E-state index < -0.39 is 6.10 Å². The lowest BCUT2D eigenvalue weighted by atomic mass is 10.2. The highest BCUT2D eigenvalue weighted by molar-refractivity contribution is 7.99. The largest absolute Gasteiger partial charge is 0.473 e. The highest BCUT2D eigenvalue weighted by atomic mass is 32.2. The Labute approximate surface area is 144 Å². The average molecular weight is 345 g/mol. The number of ether oxygens (including phenoxy) is 1. The van der Waals surface area contributed by atoms with Crippen molar-refractivity contribution >= 4 is 17.7 Å². The van der Waals surface area contributed by atoms with E-state index in [1.54, 1.807) is 42.7 Å². The van der Waals surface area contributed by atoms with Gasteiger partial charge in [-0.25, -0.2) is 4.98 Å². The third kappa shape index (κ3) is 4.24. The molecule has 0 aromatic carbocycles. The lowest BCUT2D eigenvalue weighted by molar-refractivity contribution is 0.0906. The van der Waals surface area contributed by atoms with Crippen molar-refractivity contribution in [1.82, 2.24) is 15.3 Å². The molecule has 2 aromatic rings. The van der Waals surface area contributed by atoms with E-state index in [0.29, 0.717) is 17.1 Å². The van der Waals surface area contributed by atoms with Gasteiger partial charge < -0.3 is 15.2 Å². The summed E-state index contributed by atoms with van der Waals surface area (Å²) in [5, 5.41) is 12.8. The molecule has 0 aliphatic carbocycles. The molecule has 2 atom stereocenters. The van der Waals surface area contributed by atoms with Crippen molar-refractivity contribution in [2.75, 3.05) is 18.1 Å². The monoisotopic (exact) mass is 345 g/mol. The maximum absolute atomic E-state index is 12.4. The Bertz CT molecular complexity index is 678. The fourth-order valence-electron chi connectivity index (χ4n) is 2.38. The van der Waals surface area contributed by atoms with E-state index in [1.165, 1.54) is 0 Å². The Balaban J connectivity index is 1.62. The van der Waals surface area contributed by atoms with Gasteiger partial charge in [-0.05, 0) is 36.4 Å². The van der Waals surface area contributed by atoms with Gasteiger partial charge in [0.25, 0.3) is 5.91 Å². The number of nitrogens with zero attached hydrogens (tertiary/aromatic N) is 2. The topological polar surface area (TPSA) is 84.3 Å². The standard InChI is InChI=1S/C17H19N3O3S/c21-15(14-5-1-2-7-18-14)10-20-16(22)13-4-3-8-19-17(13)23-12-6-9-24-11-12/h1-5,7-8,12,15,21H,6,9-11H2,(H,20,22). The molecule has 1 aliphatic heterocycles.